The Morgan fingerprint density at radius 3 is 2.37 bits per heavy atom. The number of anilines is 1. The van der Waals surface area contributed by atoms with Gasteiger partial charge in [0, 0.05) is 10.7 Å². The van der Waals surface area contributed by atoms with Crippen molar-refractivity contribution in [1.29, 1.82) is 0 Å². The Hall–Kier alpha value is -3.54. The molecule has 35 heavy (non-hydrogen) atoms. The lowest BCUT2D eigenvalue weighted by Crippen LogP contribution is -2.12. The fourth-order valence-electron chi connectivity index (χ4n) is 4.43. The summed E-state index contributed by atoms with van der Waals surface area (Å²) in [5.41, 5.74) is 7.29. The van der Waals surface area contributed by atoms with Crippen LogP contribution in [0.2, 0.25) is 5.02 Å². The van der Waals surface area contributed by atoms with Crippen LogP contribution in [0.1, 0.15) is 27.8 Å². The predicted octanol–water partition coefficient (Wildman–Crippen LogP) is 6.84. The Balaban J connectivity index is 1.53. The van der Waals surface area contributed by atoms with Crippen LogP contribution in [0, 0.1) is 0 Å². The molecule has 4 aromatic carbocycles. The quantitative estimate of drug-likeness (QED) is 0.326. The molecular weight excluding hydrogens is 478 g/mol. The zero-order valence-electron chi connectivity index (χ0n) is 19.2. The number of hydrogen-bond acceptors (Lipinski definition) is 3. The summed E-state index contributed by atoms with van der Waals surface area (Å²) in [7, 11) is -2.19. The molecule has 0 aromatic heterocycles. The summed E-state index contributed by atoms with van der Waals surface area (Å²) in [6.07, 6.45) is 3.95. The Morgan fingerprint density at radius 1 is 0.829 bits per heavy atom. The molecule has 5 rings (SSSR count). The highest BCUT2D eigenvalue weighted by Gasteiger charge is 2.19. The molecule has 0 unspecified atom stereocenters. The maximum Gasteiger partial charge on any atom is 0.261 e. The molecule has 176 valence electrons. The van der Waals surface area contributed by atoms with Gasteiger partial charge >= 0.3 is 0 Å². The average molecular weight is 502 g/mol. The van der Waals surface area contributed by atoms with E-state index in [4.69, 9.17) is 16.3 Å². The summed E-state index contributed by atoms with van der Waals surface area (Å²) in [6, 6.07) is 28.2. The number of rotatable bonds is 5. The normalized spacial score (nSPS) is 14.1. The van der Waals surface area contributed by atoms with Crippen molar-refractivity contribution in [2.45, 2.75) is 17.7 Å². The van der Waals surface area contributed by atoms with E-state index < -0.39 is 10.0 Å². The number of halogens is 1. The SMILES string of the molecule is COc1ccc(S(=O)(=O)Nc2cccc(/C=C3/c4ccccc4CCc4cc(Cl)ccc43)c2)cc1. The first-order valence-electron chi connectivity index (χ1n) is 11.3. The van der Waals surface area contributed by atoms with E-state index in [9.17, 15) is 8.42 Å². The third kappa shape index (κ3) is 4.97. The van der Waals surface area contributed by atoms with Gasteiger partial charge in [0.1, 0.15) is 5.75 Å². The van der Waals surface area contributed by atoms with E-state index in [0.29, 0.717) is 11.4 Å². The molecule has 1 aliphatic rings. The number of nitrogens with one attached hydrogen (secondary N) is 1. The van der Waals surface area contributed by atoms with Crippen LogP contribution < -0.4 is 9.46 Å². The number of aryl methyl sites for hydroxylation is 2. The molecule has 0 spiro atoms. The monoisotopic (exact) mass is 501 g/mol. The molecule has 0 saturated carbocycles. The van der Waals surface area contributed by atoms with E-state index in [-0.39, 0.29) is 4.90 Å². The van der Waals surface area contributed by atoms with Crippen LogP contribution >= 0.6 is 11.6 Å². The minimum absolute atomic E-state index is 0.172. The van der Waals surface area contributed by atoms with E-state index in [2.05, 4.69) is 35.1 Å². The van der Waals surface area contributed by atoms with Crippen molar-refractivity contribution in [2.75, 3.05) is 11.8 Å². The number of ether oxygens (including phenoxy) is 1. The average Bonchev–Trinajstić information content (AvgIpc) is 3.01. The van der Waals surface area contributed by atoms with E-state index in [1.54, 1.807) is 25.3 Å². The van der Waals surface area contributed by atoms with Gasteiger partial charge in [0.2, 0.25) is 0 Å². The Bertz CT molecular complexity index is 1530. The van der Waals surface area contributed by atoms with Crippen LogP contribution in [0.4, 0.5) is 5.69 Å². The summed E-state index contributed by atoms with van der Waals surface area (Å²) >= 11 is 6.31. The van der Waals surface area contributed by atoms with Crippen LogP contribution in [0.15, 0.2) is 95.9 Å². The molecule has 0 radical (unpaired) electrons. The van der Waals surface area contributed by atoms with Gasteiger partial charge in [-0.25, -0.2) is 8.42 Å². The lowest BCUT2D eigenvalue weighted by atomic mass is 9.92. The zero-order chi connectivity index (χ0) is 24.4. The summed E-state index contributed by atoms with van der Waals surface area (Å²) in [5, 5.41) is 0.726. The van der Waals surface area contributed by atoms with Gasteiger partial charge < -0.3 is 4.74 Å². The molecular formula is C29H24ClNO3S. The predicted molar refractivity (Wildman–Crippen MR) is 143 cm³/mol. The van der Waals surface area contributed by atoms with Crippen LogP contribution in [0.5, 0.6) is 5.75 Å². The molecule has 0 bridgehead atoms. The molecule has 6 heteroatoms. The maximum atomic E-state index is 12.9. The van der Waals surface area contributed by atoms with Gasteiger partial charge in [-0.05, 0) is 101 Å². The van der Waals surface area contributed by atoms with Crippen molar-refractivity contribution < 1.29 is 13.2 Å². The summed E-state index contributed by atoms with van der Waals surface area (Å²) in [4.78, 5) is 0.172. The fourth-order valence-corrected chi connectivity index (χ4v) is 5.67. The van der Waals surface area contributed by atoms with Gasteiger partial charge in [0.15, 0.2) is 0 Å². The number of hydrogen-bond donors (Lipinski definition) is 1. The second kappa shape index (κ2) is 9.61. The van der Waals surface area contributed by atoms with E-state index in [1.165, 1.54) is 28.8 Å². The van der Waals surface area contributed by atoms with Crippen LogP contribution in [-0.4, -0.2) is 15.5 Å². The summed E-state index contributed by atoms with van der Waals surface area (Å²) in [6.45, 7) is 0. The number of benzene rings is 4. The second-order valence-electron chi connectivity index (χ2n) is 8.42. The lowest BCUT2D eigenvalue weighted by molar-refractivity contribution is 0.414. The third-order valence-electron chi connectivity index (χ3n) is 6.15. The highest BCUT2D eigenvalue weighted by molar-refractivity contribution is 7.92. The smallest absolute Gasteiger partial charge is 0.261 e. The highest BCUT2D eigenvalue weighted by Crippen LogP contribution is 2.36. The van der Waals surface area contributed by atoms with Crippen molar-refractivity contribution in [1.82, 2.24) is 0 Å². The zero-order valence-corrected chi connectivity index (χ0v) is 20.7. The number of methoxy groups -OCH3 is 1. The summed E-state index contributed by atoms with van der Waals surface area (Å²) in [5.74, 6) is 0.600. The van der Waals surface area contributed by atoms with Gasteiger partial charge in [-0.1, -0.05) is 54.1 Å². The van der Waals surface area contributed by atoms with Gasteiger partial charge in [-0.15, -0.1) is 0 Å². The van der Waals surface area contributed by atoms with Crippen molar-refractivity contribution in [3.63, 3.8) is 0 Å². The largest absolute Gasteiger partial charge is 0.497 e. The summed E-state index contributed by atoms with van der Waals surface area (Å²) < 4.78 is 33.7. The first kappa shape index (κ1) is 23.2. The molecule has 0 aliphatic heterocycles. The Morgan fingerprint density at radius 2 is 1.57 bits per heavy atom. The molecule has 0 atom stereocenters. The molecule has 1 N–H and O–H groups in total. The number of sulfonamides is 1. The third-order valence-corrected chi connectivity index (χ3v) is 7.78. The molecule has 4 aromatic rings. The number of fused-ring (bicyclic) bond motifs is 2. The Labute approximate surface area is 210 Å². The topological polar surface area (TPSA) is 55.4 Å². The van der Waals surface area contributed by atoms with Gasteiger partial charge in [0.05, 0.1) is 12.0 Å². The van der Waals surface area contributed by atoms with Crippen molar-refractivity contribution in [2.24, 2.45) is 0 Å². The van der Waals surface area contributed by atoms with Crippen molar-refractivity contribution in [3.8, 4) is 5.75 Å². The molecule has 0 heterocycles. The van der Waals surface area contributed by atoms with Gasteiger partial charge in [0.25, 0.3) is 10.0 Å². The van der Waals surface area contributed by atoms with E-state index in [1.807, 2.05) is 36.4 Å². The molecule has 1 aliphatic carbocycles. The van der Waals surface area contributed by atoms with Crippen LogP contribution in [0.25, 0.3) is 11.6 Å². The van der Waals surface area contributed by atoms with Crippen molar-refractivity contribution >= 4 is 39.0 Å². The first-order valence-corrected chi connectivity index (χ1v) is 13.1. The minimum Gasteiger partial charge on any atom is -0.497 e. The van der Waals surface area contributed by atoms with Gasteiger partial charge in [-0.3, -0.25) is 4.72 Å². The second-order valence-corrected chi connectivity index (χ2v) is 10.5. The highest BCUT2D eigenvalue weighted by atomic mass is 35.5. The minimum atomic E-state index is -3.74. The van der Waals surface area contributed by atoms with Gasteiger partial charge in [-0.2, -0.15) is 0 Å². The van der Waals surface area contributed by atoms with Crippen LogP contribution in [0.3, 0.4) is 0 Å². The van der Waals surface area contributed by atoms with Crippen molar-refractivity contribution in [3.05, 3.63) is 124 Å². The molecule has 4 nitrogen and oxygen atoms in total. The Kier molecular flexibility index (Phi) is 6.37. The van der Waals surface area contributed by atoms with Crippen LogP contribution in [-0.2, 0) is 22.9 Å². The maximum absolute atomic E-state index is 12.9. The lowest BCUT2D eigenvalue weighted by Gasteiger charge is -2.13. The standard InChI is InChI=1S/C29H24ClNO3S/c1-34-25-12-14-26(15-13-25)35(32,33)31-24-7-4-5-20(17-24)18-29-27-8-3-2-6-21(27)9-10-22-19-23(30)11-16-28(22)29/h2-8,11-19,31H,9-10H2,1H3/b29-18-. The molecule has 0 amide bonds. The van der Waals surface area contributed by atoms with E-state index in [0.717, 1.165) is 34.6 Å². The molecule has 0 fully saturated rings. The van der Waals surface area contributed by atoms with E-state index >= 15 is 0 Å². The molecule has 0 saturated heterocycles. The first-order chi connectivity index (χ1) is 16.9. The fraction of sp³-hybridized carbons (Fsp3) is 0.103.